The van der Waals surface area contributed by atoms with E-state index in [-0.39, 0.29) is 11.4 Å². The summed E-state index contributed by atoms with van der Waals surface area (Å²) in [6.07, 6.45) is -4.47. The number of alkyl halides is 3. The Morgan fingerprint density at radius 1 is 1.13 bits per heavy atom. The van der Waals surface area contributed by atoms with Crippen LogP contribution in [0.4, 0.5) is 24.5 Å². The maximum absolute atomic E-state index is 12.8. The Morgan fingerprint density at radius 3 is 2.58 bits per heavy atom. The van der Waals surface area contributed by atoms with Crippen LogP contribution < -0.4 is 10.6 Å². The second-order valence-electron chi connectivity index (χ2n) is 6.42. The van der Waals surface area contributed by atoms with Crippen LogP contribution in [0.25, 0.3) is 0 Å². The van der Waals surface area contributed by atoms with E-state index in [0.717, 1.165) is 29.6 Å². The topological polar surface area (TPSA) is 71.8 Å². The fraction of sp³-hybridized carbons (Fsp3) is 0.250. The van der Waals surface area contributed by atoms with E-state index < -0.39 is 17.6 Å². The fourth-order valence-electron chi connectivity index (χ4n) is 2.75. The highest BCUT2D eigenvalue weighted by Crippen LogP contribution is 2.30. The zero-order valence-electron chi connectivity index (χ0n) is 16.4. The van der Waals surface area contributed by atoms with E-state index in [2.05, 4.69) is 20.8 Å². The second kappa shape index (κ2) is 10.1. The summed E-state index contributed by atoms with van der Waals surface area (Å²) in [5.74, 6) is 0.229. The largest absolute Gasteiger partial charge is 0.416 e. The molecule has 1 amide bonds. The molecule has 0 aliphatic rings. The summed E-state index contributed by atoms with van der Waals surface area (Å²) in [5, 5.41) is 15.1. The van der Waals surface area contributed by atoms with Crippen LogP contribution in [0.1, 0.15) is 18.3 Å². The van der Waals surface area contributed by atoms with Crippen LogP contribution in [0.5, 0.6) is 0 Å². The average molecular weight is 470 g/mol. The van der Waals surface area contributed by atoms with Gasteiger partial charge in [-0.3, -0.25) is 4.79 Å². The Kier molecular flexibility index (Phi) is 7.45. The number of nitrogens with zero attached hydrogens (tertiary/aromatic N) is 3. The molecule has 11 heteroatoms. The van der Waals surface area contributed by atoms with E-state index in [1.54, 1.807) is 12.1 Å². The summed E-state index contributed by atoms with van der Waals surface area (Å²) in [6, 6.07) is 11.8. The van der Waals surface area contributed by atoms with Crippen LogP contribution in [-0.4, -0.2) is 26.4 Å². The first-order valence-corrected chi connectivity index (χ1v) is 10.6. The number of carbonyl (C=O) groups excluding carboxylic acids is 1. The van der Waals surface area contributed by atoms with Gasteiger partial charge in [-0.05, 0) is 43.3 Å². The van der Waals surface area contributed by atoms with Gasteiger partial charge in [0.05, 0.1) is 17.9 Å². The van der Waals surface area contributed by atoms with Gasteiger partial charge in [-0.25, -0.2) is 0 Å². The summed E-state index contributed by atoms with van der Waals surface area (Å²) in [6.45, 7) is 2.94. The monoisotopic (exact) mass is 469 g/mol. The van der Waals surface area contributed by atoms with Crippen LogP contribution in [0, 0.1) is 0 Å². The molecule has 0 aliphatic heterocycles. The normalized spacial score (nSPS) is 11.4. The molecule has 0 spiro atoms. The minimum Gasteiger partial charge on any atom is -0.378 e. The highest BCUT2D eigenvalue weighted by Gasteiger charge is 2.30. The molecule has 2 N–H and O–H groups in total. The lowest BCUT2D eigenvalue weighted by Crippen LogP contribution is -2.15. The Balaban J connectivity index is 1.58. The van der Waals surface area contributed by atoms with Gasteiger partial charge >= 0.3 is 6.18 Å². The van der Waals surface area contributed by atoms with Crippen molar-refractivity contribution in [3.8, 4) is 0 Å². The lowest BCUT2D eigenvalue weighted by Gasteiger charge is -2.10. The lowest BCUT2D eigenvalue weighted by molar-refractivity contribution is -0.137. The first-order valence-electron chi connectivity index (χ1n) is 9.27. The predicted molar refractivity (Wildman–Crippen MR) is 115 cm³/mol. The number of anilines is 2. The SMILES string of the molecule is CCn1c(CNc2cccc(Cl)c2)nnc1SCC(=O)Nc1cccc(C(F)(F)F)c1. The van der Waals surface area contributed by atoms with Gasteiger partial charge in [0, 0.05) is 22.9 Å². The van der Waals surface area contributed by atoms with Crippen molar-refractivity contribution in [2.24, 2.45) is 0 Å². The number of halogens is 4. The molecule has 1 aromatic heterocycles. The van der Waals surface area contributed by atoms with Gasteiger partial charge in [0.1, 0.15) is 0 Å². The molecule has 6 nitrogen and oxygen atoms in total. The van der Waals surface area contributed by atoms with Crippen molar-refractivity contribution in [2.75, 3.05) is 16.4 Å². The number of benzene rings is 2. The van der Waals surface area contributed by atoms with Gasteiger partial charge < -0.3 is 15.2 Å². The van der Waals surface area contributed by atoms with Gasteiger partial charge in [0.2, 0.25) is 5.91 Å². The molecule has 164 valence electrons. The van der Waals surface area contributed by atoms with Gasteiger partial charge in [-0.1, -0.05) is 35.5 Å². The second-order valence-corrected chi connectivity index (χ2v) is 7.80. The minimum atomic E-state index is -4.47. The van der Waals surface area contributed by atoms with Crippen molar-refractivity contribution in [3.63, 3.8) is 0 Å². The molecule has 3 rings (SSSR count). The number of hydrogen-bond acceptors (Lipinski definition) is 5. The number of rotatable bonds is 8. The van der Waals surface area contributed by atoms with E-state index in [1.807, 2.05) is 23.6 Å². The van der Waals surface area contributed by atoms with Crippen LogP contribution >= 0.6 is 23.4 Å². The van der Waals surface area contributed by atoms with E-state index in [0.29, 0.717) is 29.1 Å². The van der Waals surface area contributed by atoms with Crippen molar-refractivity contribution in [3.05, 3.63) is 64.9 Å². The predicted octanol–water partition coefficient (Wildman–Crippen LogP) is 5.31. The minimum absolute atomic E-state index is 0.0178. The van der Waals surface area contributed by atoms with Gasteiger partial charge in [-0.15, -0.1) is 10.2 Å². The first-order chi connectivity index (χ1) is 14.8. The number of amides is 1. The zero-order chi connectivity index (χ0) is 22.4. The highest BCUT2D eigenvalue weighted by atomic mass is 35.5. The van der Waals surface area contributed by atoms with Crippen LogP contribution in [0.3, 0.4) is 0 Å². The molecular formula is C20H19ClF3N5OS. The molecule has 3 aromatic rings. The molecule has 0 aliphatic carbocycles. The summed E-state index contributed by atoms with van der Waals surface area (Å²) in [5.41, 5.74) is 0.108. The van der Waals surface area contributed by atoms with E-state index in [9.17, 15) is 18.0 Å². The van der Waals surface area contributed by atoms with Crippen molar-refractivity contribution in [2.45, 2.75) is 31.3 Å². The number of hydrogen-bond donors (Lipinski definition) is 2. The third-order valence-corrected chi connectivity index (χ3v) is 5.39. The van der Waals surface area contributed by atoms with Crippen molar-refractivity contribution >= 4 is 40.6 Å². The van der Waals surface area contributed by atoms with Gasteiger partial charge in [0.15, 0.2) is 11.0 Å². The van der Waals surface area contributed by atoms with E-state index in [4.69, 9.17) is 11.6 Å². The number of carbonyl (C=O) groups is 1. The lowest BCUT2D eigenvalue weighted by atomic mass is 10.2. The number of nitrogens with one attached hydrogen (secondary N) is 2. The number of thioether (sulfide) groups is 1. The molecule has 31 heavy (non-hydrogen) atoms. The van der Waals surface area contributed by atoms with Gasteiger partial charge in [0.25, 0.3) is 0 Å². The highest BCUT2D eigenvalue weighted by molar-refractivity contribution is 7.99. The Morgan fingerprint density at radius 2 is 1.87 bits per heavy atom. The summed E-state index contributed by atoms with van der Waals surface area (Å²) in [7, 11) is 0. The summed E-state index contributed by atoms with van der Waals surface area (Å²) >= 11 is 7.14. The molecular weight excluding hydrogens is 451 g/mol. The van der Waals surface area contributed by atoms with Gasteiger partial charge in [-0.2, -0.15) is 13.2 Å². The van der Waals surface area contributed by atoms with Crippen LogP contribution in [-0.2, 0) is 24.1 Å². The maximum atomic E-state index is 12.8. The van der Waals surface area contributed by atoms with E-state index >= 15 is 0 Å². The summed E-state index contributed by atoms with van der Waals surface area (Å²) < 4.78 is 40.3. The quantitative estimate of drug-likeness (QED) is 0.437. The first kappa shape index (κ1) is 23.0. The molecule has 0 radical (unpaired) electrons. The Hall–Kier alpha value is -2.72. The van der Waals surface area contributed by atoms with Crippen molar-refractivity contribution in [1.82, 2.24) is 14.8 Å². The Labute approximate surface area is 186 Å². The van der Waals surface area contributed by atoms with E-state index in [1.165, 1.54) is 12.1 Å². The van der Waals surface area contributed by atoms with Crippen molar-refractivity contribution in [1.29, 1.82) is 0 Å². The fourth-order valence-corrected chi connectivity index (χ4v) is 3.77. The summed E-state index contributed by atoms with van der Waals surface area (Å²) in [4.78, 5) is 12.2. The third kappa shape index (κ3) is 6.38. The standard InChI is InChI=1S/C20H19ClF3N5OS/c1-2-29-17(11-25-15-7-4-6-14(21)10-15)27-28-19(29)31-12-18(30)26-16-8-3-5-13(9-16)20(22,23)24/h3-10,25H,2,11-12H2,1H3,(H,26,30). The zero-order valence-corrected chi connectivity index (χ0v) is 18.0. The van der Waals surface area contributed by atoms with Crippen LogP contribution in [0.2, 0.25) is 5.02 Å². The van der Waals surface area contributed by atoms with Crippen molar-refractivity contribution < 1.29 is 18.0 Å². The molecule has 0 fully saturated rings. The molecule has 0 unspecified atom stereocenters. The molecule has 0 atom stereocenters. The smallest absolute Gasteiger partial charge is 0.378 e. The third-order valence-electron chi connectivity index (χ3n) is 4.19. The molecule has 0 bridgehead atoms. The Bertz CT molecular complexity index is 1060. The molecule has 2 aromatic carbocycles. The average Bonchev–Trinajstić information content (AvgIpc) is 3.12. The molecule has 1 heterocycles. The number of aromatic nitrogens is 3. The van der Waals surface area contributed by atoms with Crippen LogP contribution in [0.15, 0.2) is 53.7 Å². The maximum Gasteiger partial charge on any atom is 0.416 e. The molecule has 0 saturated heterocycles. The molecule has 0 saturated carbocycles.